The van der Waals surface area contributed by atoms with E-state index in [1.54, 1.807) is 12.2 Å². The molecule has 0 saturated heterocycles. The van der Waals surface area contributed by atoms with Gasteiger partial charge in [-0.3, -0.25) is 9.80 Å². The first-order chi connectivity index (χ1) is 9.21. The molecule has 0 heterocycles. The summed E-state index contributed by atoms with van der Waals surface area (Å²) in [6.45, 7) is 15.5. The van der Waals surface area contributed by atoms with Crippen molar-refractivity contribution in [3.8, 4) is 0 Å². The Balaban J connectivity index is 4.42. The third kappa shape index (κ3) is 7.80. The zero-order valence-electron chi connectivity index (χ0n) is 12.5. The van der Waals surface area contributed by atoms with Gasteiger partial charge in [0.05, 0.1) is 6.54 Å². The van der Waals surface area contributed by atoms with Crippen LogP contribution in [0.3, 0.4) is 0 Å². The molecule has 0 fully saturated rings. The zero-order chi connectivity index (χ0) is 14.5. The van der Waals surface area contributed by atoms with Gasteiger partial charge in [0.15, 0.2) is 0 Å². The number of amides is 1. The van der Waals surface area contributed by atoms with Gasteiger partial charge in [0.2, 0.25) is 5.91 Å². The molecule has 0 aromatic heterocycles. The number of hydrogen-bond acceptors (Lipinski definition) is 3. The number of hydrogen-bond donors (Lipinski definition) is 1. The summed E-state index contributed by atoms with van der Waals surface area (Å²) in [5.41, 5.74) is 0. The molecule has 4 nitrogen and oxygen atoms in total. The molecule has 0 aliphatic rings. The number of hydrazine groups is 1. The van der Waals surface area contributed by atoms with Gasteiger partial charge in [0, 0.05) is 32.6 Å². The molecule has 0 aromatic rings. The van der Waals surface area contributed by atoms with Crippen LogP contribution >= 0.6 is 0 Å². The van der Waals surface area contributed by atoms with Crippen molar-refractivity contribution in [2.24, 2.45) is 0 Å². The first-order valence-electron chi connectivity index (χ1n) is 7.18. The number of carbonyl (C=O) groups is 1. The van der Waals surface area contributed by atoms with E-state index in [2.05, 4.69) is 37.3 Å². The fraction of sp³-hybridized carbons (Fsp3) is 0.667. The molecule has 0 unspecified atom stereocenters. The SMILES string of the molecule is C=CCNCCC(=O)N(CC=C)N(CCC)CCC. The van der Waals surface area contributed by atoms with Gasteiger partial charge in [-0.1, -0.05) is 26.0 Å². The van der Waals surface area contributed by atoms with Crippen molar-refractivity contribution < 1.29 is 4.79 Å². The van der Waals surface area contributed by atoms with Crippen LogP contribution in [0.25, 0.3) is 0 Å². The van der Waals surface area contributed by atoms with E-state index in [1.807, 2.05) is 5.01 Å². The van der Waals surface area contributed by atoms with Crippen LogP contribution in [-0.4, -0.2) is 48.6 Å². The van der Waals surface area contributed by atoms with Gasteiger partial charge in [0.1, 0.15) is 0 Å². The van der Waals surface area contributed by atoms with Gasteiger partial charge in [-0.05, 0) is 12.8 Å². The average molecular weight is 267 g/mol. The molecule has 0 bridgehead atoms. The van der Waals surface area contributed by atoms with Crippen molar-refractivity contribution in [3.05, 3.63) is 25.3 Å². The Morgan fingerprint density at radius 2 is 1.79 bits per heavy atom. The predicted octanol–water partition coefficient (Wildman–Crippen LogP) is 2.20. The summed E-state index contributed by atoms with van der Waals surface area (Å²) in [5, 5.41) is 7.12. The van der Waals surface area contributed by atoms with Gasteiger partial charge in [0.25, 0.3) is 0 Å². The van der Waals surface area contributed by atoms with Gasteiger partial charge < -0.3 is 5.32 Å². The van der Waals surface area contributed by atoms with E-state index in [4.69, 9.17) is 0 Å². The van der Waals surface area contributed by atoms with E-state index in [-0.39, 0.29) is 5.91 Å². The van der Waals surface area contributed by atoms with Crippen molar-refractivity contribution in [1.82, 2.24) is 15.3 Å². The molecule has 0 radical (unpaired) electrons. The molecule has 110 valence electrons. The van der Waals surface area contributed by atoms with Crippen molar-refractivity contribution in [3.63, 3.8) is 0 Å². The summed E-state index contributed by atoms with van der Waals surface area (Å²) in [7, 11) is 0. The smallest absolute Gasteiger partial charge is 0.238 e. The minimum Gasteiger partial charge on any atom is -0.313 e. The van der Waals surface area contributed by atoms with Crippen molar-refractivity contribution in [1.29, 1.82) is 0 Å². The fourth-order valence-electron chi connectivity index (χ4n) is 1.90. The Bertz CT molecular complexity index is 260. The van der Waals surface area contributed by atoms with Gasteiger partial charge in [-0.25, -0.2) is 5.01 Å². The second kappa shape index (κ2) is 11.9. The molecule has 4 heteroatoms. The normalized spacial score (nSPS) is 10.5. The molecule has 19 heavy (non-hydrogen) atoms. The van der Waals surface area contributed by atoms with Crippen LogP contribution in [-0.2, 0) is 4.79 Å². The van der Waals surface area contributed by atoms with Crippen LogP contribution in [0.4, 0.5) is 0 Å². The maximum Gasteiger partial charge on any atom is 0.238 e. The summed E-state index contributed by atoms with van der Waals surface area (Å²) in [6, 6.07) is 0. The molecule has 0 atom stereocenters. The first kappa shape index (κ1) is 17.9. The third-order valence-corrected chi connectivity index (χ3v) is 2.70. The second-order valence-electron chi connectivity index (χ2n) is 4.46. The lowest BCUT2D eigenvalue weighted by Crippen LogP contribution is -2.48. The summed E-state index contributed by atoms with van der Waals surface area (Å²) in [4.78, 5) is 12.3. The van der Waals surface area contributed by atoms with Crippen LogP contribution in [0.5, 0.6) is 0 Å². The Labute approximate surface area is 118 Å². The Kier molecular flexibility index (Phi) is 11.2. The van der Waals surface area contributed by atoms with Crippen LogP contribution in [0.1, 0.15) is 33.1 Å². The quantitative estimate of drug-likeness (QED) is 0.334. The van der Waals surface area contributed by atoms with Crippen molar-refractivity contribution in [2.45, 2.75) is 33.1 Å². The molecule has 1 amide bonds. The Hall–Kier alpha value is -1.13. The average Bonchev–Trinajstić information content (AvgIpc) is 2.40. The number of nitrogens with one attached hydrogen (secondary N) is 1. The Morgan fingerprint density at radius 1 is 1.16 bits per heavy atom. The van der Waals surface area contributed by atoms with Crippen molar-refractivity contribution >= 4 is 5.91 Å². The monoisotopic (exact) mass is 267 g/mol. The zero-order valence-corrected chi connectivity index (χ0v) is 12.5. The lowest BCUT2D eigenvalue weighted by atomic mass is 10.3. The molecular formula is C15H29N3O. The highest BCUT2D eigenvalue weighted by molar-refractivity contribution is 5.76. The van der Waals surface area contributed by atoms with E-state index in [0.717, 1.165) is 32.5 Å². The molecule has 1 N–H and O–H groups in total. The van der Waals surface area contributed by atoms with Crippen LogP contribution < -0.4 is 5.32 Å². The van der Waals surface area contributed by atoms with E-state index in [9.17, 15) is 4.79 Å². The van der Waals surface area contributed by atoms with Gasteiger partial charge in [-0.15, -0.1) is 13.2 Å². The number of nitrogens with zero attached hydrogens (tertiary/aromatic N) is 2. The molecule has 0 saturated carbocycles. The molecule has 0 aliphatic heterocycles. The highest BCUT2D eigenvalue weighted by atomic mass is 16.2. The maximum absolute atomic E-state index is 12.3. The highest BCUT2D eigenvalue weighted by Crippen LogP contribution is 2.04. The van der Waals surface area contributed by atoms with Gasteiger partial charge in [-0.2, -0.15) is 0 Å². The van der Waals surface area contributed by atoms with Crippen LogP contribution in [0.15, 0.2) is 25.3 Å². The summed E-state index contributed by atoms with van der Waals surface area (Å²) >= 11 is 0. The minimum absolute atomic E-state index is 0.151. The van der Waals surface area contributed by atoms with Gasteiger partial charge >= 0.3 is 0 Å². The van der Waals surface area contributed by atoms with Crippen molar-refractivity contribution in [2.75, 3.05) is 32.7 Å². The lowest BCUT2D eigenvalue weighted by molar-refractivity contribution is -0.147. The first-order valence-corrected chi connectivity index (χ1v) is 7.18. The van der Waals surface area contributed by atoms with E-state index >= 15 is 0 Å². The van der Waals surface area contributed by atoms with E-state index in [1.165, 1.54) is 0 Å². The predicted molar refractivity (Wildman–Crippen MR) is 81.7 cm³/mol. The van der Waals surface area contributed by atoms with E-state index in [0.29, 0.717) is 19.5 Å². The van der Waals surface area contributed by atoms with Crippen LogP contribution in [0.2, 0.25) is 0 Å². The topological polar surface area (TPSA) is 35.6 Å². The Morgan fingerprint density at radius 3 is 2.26 bits per heavy atom. The van der Waals surface area contributed by atoms with Crippen LogP contribution in [0, 0.1) is 0 Å². The highest BCUT2D eigenvalue weighted by Gasteiger charge is 2.18. The fourth-order valence-corrected chi connectivity index (χ4v) is 1.90. The lowest BCUT2D eigenvalue weighted by Gasteiger charge is -2.34. The summed E-state index contributed by atoms with van der Waals surface area (Å²) in [5.74, 6) is 0.151. The number of carbonyl (C=O) groups excluding carboxylic acids is 1. The summed E-state index contributed by atoms with van der Waals surface area (Å²) in [6.07, 6.45) is 6.16. The minimum atomic E-state index is 0.151. The molecular weight excluding hydrogens is 238 g/mol. The number of rotatable bonds is 12. The third-order valence-electron chi connectivity index (χ3n) is 2.70. The molecule has 0 rings (SSSR count). The maximum atomic E-state index is 12.3. The molecule has 0 aromatic carbocycles. The molecule has 0 aliphatic carbocycles. The second-order valence-corrected chi connectivity index (χ2v) is 4.46. The van der Waals surface area contributed by atoms with E-state index < -0.39 is 0 Å². The molecule has 0 spiro atoms. The largest absolute Gasteiger partial charge is 0.313 e. The summed E-state index contributed by atoms with van der Waals surface area (Å²) < 4.78 is 0. The standard InChI is InChI=1S/C15H29N3O/c1-5-10-16-11-9-15(19)18(14-8-4)17(12-6-2)13-7-3/h5,8,16H,1,4,6-7,9-14H2,2-3H3.